The Bertz CT molecular complexity index is 1080. The van der Waals surface area contributed by atoms with Crippen LogP contribution in [-0.4, -0.2) is 83.5 Å². The molecule has 216 valence electrons. The van der Waals surface area contributed by atoms with Gasteiger partial charge in [-0.3, -0.25) is 14.5 Å². The molecule has 2 aromatic rings. The number of rotatable bonds is 10. The first-order chi connectivity index (χ1) is 19.5. The number of aryl methyl sites for hydroxylation is 1. The molecule has 3 atom stereocenters. The second kappa shape index (κ2) is 13.8. The van der Waals surface area contributed by atoms with Crippen LogP contribution in [0.15, 0.2) is 60.7 Å². The Morgan fingerprint density at radius 2 is 1.55 bits per heavy atom. The number of carbonyl (C=O) groups is 2. The zero-order chi connectivity index (χ0) is 27.9. The monoisotopic (exact) mass is 545 g/mol. The van der Waals surface area contributed by atoms with Crippen molar-refractivity contribution in [2.24, 2.45) is 11.8 Å². The van der Waals surface area contributed by atoms with Gasteiger partial charge in [0.25, 0.3) is 0 Å². The molecule has 0 spiro atoms. The van der Waals surface area contributed by atoms with E-state index in [-0.39, 0.29) is 17.9 Å². The SMILES string of the molecule is CN(C(=O)CCc1ccccc1)C1CCN(CC2CN(C(C(=O)O)C3CCCCC3)CC2c2ccccc2)CC1. The third kappa shape index (κ3) is 7.13. The number of likely N-dealkylation sites (tertiary alicyclic amines) is 2. The van der Waals surface area contributed by atoms with Gasteiger partial charge in [-0.2, -0.15) is 0 Å². The molecule has 2 aliphatic heterocycles. The standard InChI is InChI=1S/C34H47N3O3/c1-35(32(38)18-17-26-11-5-2-6-12-26)30-19-21-36(22-20-30)23-29-24-37(25-31(29)27-13-7-3-8-14-27)33(34(39)40)28-15-9-4-10-16-28/h2-3,5-8,11-14,28-31,33H,4,9-10,15-25H2,1H3,(H,39,40). The Morgan fingerprint density at radius 3 is 2.20 bits per heavy atom. The highest BCUT2D eigenvalue weighted by Gasteiger charge is 2.43. The smallest absolute Gasteiger partial charge is 0.321 e. The topological polar surface area (TPSA) is 64.1 Å². The lowest BCUT2D eigenvalue weighted by molar-refractivity contribution is -0.145. The number of amides is 1. The van der Waals surface area contributed by atoms with E-state index in [1.54, 1.807) is 0 Å². The predicted molar refractivity (Wildman–Crippen MR) is 159 cm³/mol. The molecule has 0 bridgehead atoms. The molecule has 6 nitrogen and oxygen atoms in total. The van der Waals surface area contributed by atoms with E-state index in [0.29, 0.717) is 24.3 Å². The predicted octanol–water partition coefficient (Wildman–Crippen LogP) is 5.29. The minimum Gasteiger partial charge on any atom is -0.480 e. The normalized spacial score (nSPS) is 24.1. The third-order valence-corrected chi connectivity index (χ3v) is 9.90. The van der Waals surface area contributed by atoms with E-state index >= 15 is 0 Å². The van der Waals surface area contributed by atoms with E-state index in [1.165, 1.54) is 17.5 Å². The molecule has 5 rings (SSSR count). The zero-order valence-corrected chi connectivity index (χ0v) is 24.2. The van der Waals surface area contributed by atoms with Crippen LogP contribution in [0.5, 0.6) is 0 Å². The fraction of sp³-hybridized carbons (Fsp3) is 0.588. The first-order valence-electron chi connectivity index (χ1n) is 15.5. The van der Waals surface area contributed by atoms with Gasteiger partial charge in [-0.25, -0.2) is 0 Å². The van der Waals surface area contributed by atoms with Crippen molar-refractivity contribution < 1.29 is 14.7 Å². The molecule has 3 fully saturated rings. The second-order valence-corrected chi connectivity index (χ2v) is 12.4. The molecule has 0 radical (unpaired) electrons. The van der Waals surface area contributed by atoms with Crippen molar-refractivity contribution in [2.75, 3.05) is 39.8 Å². The molecule has 1 amide bonds. The summed E-state index contributed by atoms with van der Waals surface area (Å²) >= 11 is 0. The van der Waals surface area contributed by atoms with E-state index < -0.39 is 5.97 Å². The summed E-state index contributed by atoms with van der Waals surface area (Å²) in [7, 11) is 1.98. The summed E-state index contributed by atoms with van der Waals surface area (Å²) in [6, 6.07) is 20.9. The average molecular weight is 546 g/mol. The molecule has 6 heteroatoms. The van der Waals surface area contributed by atoms with Gasteiger partial charge >= 0.3 is 5.97 Å². The van der Waals surface area contributed by atoms with Gasteiger partial charge in [-0.15, -0.1) is 0 Å². The summed E-state index contributed by atoms with van der Waals surface area (Å²) in [5.41, 5.74) is 2.55. The molecule has 3 unspecified atom stereocenters. The first-order valence-corrected chi connectivity index (χ1v) is 15.5. The van der Waals surface area contributed by atoms with Crippen LogP contribution in [0.3, 0.4) is 0 Å². The maximum Gasteiger partial charge on any atom is 0.321 e. The van der Waals surface area contributed by atoms with Crippen LogP contribution < -0.4 is 0 Å². The van der Waals surface area contributed by atoms with Crippen LogP contribution in [0.25, 0.3) is 0 Å². The molecule has 40 heavy (non-hydrogen) atoms. The summed E-state index contributed by atoms with van der Waals surface area (Å²) in [6.45, 7) is 4.65. The van der Waals surface area contributed by atoms with Gasteiger partial charge in [0.2, 0.25) is 5.91 Å². The lowest BCUT2D eigenvalue weighted by Gasteiger charge is -2.38. The van der Waals surface area contributed by atoms with Crippen LogP contribution in [-0.2, 0) is 16.0 Å². The van der Waals surface area contributed by atoms with Gasteiger partial charge < -0.3 is 14.9 Å². The molecule has 3 aliphatic rings. The van der Waals surface area contributed by atoms with E-state index in [1.807, 2.05) is 30.1 Å². The molecule has 2 aromatic carbocycles. The summed E-state index contributed by atoms with van der Waals surface area (Å²) in [5, 5.41) is 10.3. The number of nitrogens with zero attached hydrogens (tertiary/aromatic N) is 3. The number of hydrogen-bond acceptors (Lipinski definition) is 4. The second-order valence-electron chi connectivity index (χ2n) is 12.4. The van der Waals surface area contributed by atoms with E-state index in [9.17, 15) is 14.7 Å². The summed E-state index contributed by atoms with van der Waals surface area (Å²) in [5.74, 6) is 0.633. The Balaban J connectivity index is 1.18. The van der Waals surface area contributed by atoms with Crippen LogP contribution in [0.1, 0.15) is 68.4 Å². The Hall–Kier alpha value is -2.70. The van der Waals surface area contributed by atoms with Crippen LogP contribution in [0.4, 0.5) is 0 Å². The van der Waals surface area contributed by atoms with Gasteiger partial charge in [-0.05, 0) is 55.1 Å². The molecular weight excluding hydrogens is 498 g/mol. The molecule has 1 saturated carbocycles. The van der Waals surface area contributed by atoms with Gasteiger partial charge in [0.1, 0.15) is 6.04 Å². The largest absolute Gasteiger partial charge is 0.480 e. The van der Waals surface area contributed by atoms with E-state index in [0.717, 1.165) is 77.7 Å². The van der Waals surface area contributed by atoms with Crippen LogP contribution >= 0.6 is 0 Å². The fourth-order valence-electron chi connectivity index (χ4n) is 7.60. The van der Waals surface area contributed by atoms with Gasteiger partial charge in [-0.1, -0.05) is 79.9 Å². The number of carboxylic acids is 1. The van der Waals surface area contributed by atoms with Crippen molar-refractivity contribution in [3.63, 3.8) is 0 Å². The van der Waals surface area contributed by atoms with E-state index in [2.05, 4.69) is 52.3 Å². The van der Waals surface area contributed by atoms with Crippen molar-refractivity contribution in [1.29, 1.82) is 0 Å². The molecular formula is C34H47N3O3. The molecule has 0 aromatic heterocycles. The minimum atomic E-state index is -0.639. The van der Waals surface area contributed by atoms with Crippen LogP contribution in [0.2, 0.25) is 0 Å². The van der Waals surface area contributed by atoms with Crippen molar-refractivity contribution in [3.05, 3.63) is 71.8 Å². The van der Waals surface area contributed by atoms with Crippen molar-refractivity contribution in [2.45, 2.75) is 75.8 Å². The third-order valence-electron chi connectivity index (χ3n) is 9.90. The lowest BCUT2D eigenvalue weighted by atomic mass is 9.83. The maximum absolute atomic E-state index is 12.9. The molecule has 2 saturated heterocycles. The first kappa shape index (κ1) is 28.8. The zero-order valence-electron chi connectivity index (χ0n) is 24.2. The Labute approximate surface area is 240 Å². The number of aliphatic carboxylic acids is 1. The number of carbonyl (C=O) groups excluding carboxylic acids is 1. The number of carboxylic acid groups (broad SMARTS) is 1. The lowest BCUT2D eigenvalue weighted by Crippen LogP contribution is -2.48. The number of piperidine rings is 1. The van der Waals surface area contributed by atoms with E-state index in [4.69, 9.17) is 0 Å². The van der Waals surface area contributed by atoms with Crippen molar-refractivity contribution >= 4 is 11.9 Å². The van der Waals surface area contributed by atoms with Crippen molar-refractivity contribution in [3.8, 4) is 0 Å². The highest BCUT2D eigenvalue weighted by Crippen LogP contribution is 2.38. The summed E-state index contributed by atoms with van der Waals surface area (Å²) in [4.78, 5) is 32.3. The van der Waals surface area contributed by atoms with Gasteiger partial charge in [0.15, 0.2) is 0 Å². The average Bonchev–Trinajstić information content (AvgIpc) is 3.40. The minimum absolute atomic E-state index is 0.236. The fourth-order valence-corrected chi connectivity index (χ4v) is 7.60. The number of benzene rings is 2. The van der Waals surface area contributed by atoms with Crippen molar-refractivity contribution in [1.82, 2.24) is 14.7 Å². The molecule has 1 aliphatic carbocycles. The Morgan fingerprint density at radius 1 is 0.900 bits per heavy atom. The quantitative estimate of drug-likeness (QED) is 0.440. The maximum atomic E-state index is 12.9. The molecule has 2 heterocycles. The van der Waals surface area contributed by atoms with Gasteiger partial charge in [0, 0.05) is 58.2 Å². The highest BCUT2D eigenvalue weighted by atomic mass is 16.4. The Kier molecular flexibility index (Phi) is 9.92. The highest BCUT2D eigenvalue weighted by molar-refractivity contribution is 5.76. The van der Waals surface area contributed by atoms with Gasteiger partial charge in [0.05, 0.1) is 0 Å². The number of hydrogen-bond donors (Lipinski definition) is 1. The van der Waals surface area contributed by atoms with Crippen LogP contribution in [0, 0.1) is 11.8 Å². The summed E-state index contributed by atoms with van der Waals surface area (Å²) in [6.07, 6.45) is 8.99. The molecule has 1 N–H and O–H groups in total. The summed E-state index contributed by atoms with van der Waals surface area (Å²) < 4.78 is 0.